The van der Waals surface area contributed by atoms with E-state index < -0.39 is 0 Å². The molecule has 1 aromatic heterocycles. The summed E-state index contributed by atoms with van der Waals surface area (Å²) in [7, 11) is 1.61. The summed E-state index contributed by atoms with van der Waals surface area (Å²) in [6.07, 6.45) is 4.15. The van der Waals surface area contributed by atoms with E-state index in [-0.39, 0.29) is 11.9 Å². The minimum atomic E-state index is -0.108. The number of nitrogens with zero attached hydrogens (tertiary/aromatic N) is 2. The van der Waals surface area contributed by atoms with Crippen LogP contribution in [0.2, 0.25) is 0 Å². The quantitative estimate of drug-likeness (QED) is 0.434. The van der Waals surface area contributed by atoms with Crippen molar-refractivity contribution in [3.63, 3.8) is 0 Å². The number of aromatic nitrogens is 2. The molecule has 4 rings (SSSR count). The third kappa shape index (κ3) is 5.49. The van der Waals surface area contributed by atoms with Gasteiger partial charge in [-0.25, -0.2) is 9.97 Å². The Morgan fingerprint density at radius 1 is 0.844 bits per heavy atom. The molecule has 3 aromatic carbocycles. The van der Waals surface area contributed by atoms with Crippen molar-refractivity contribution in [3.05, 3.63) is 102 Å². The van der Waals surface area contributed by atoms with E-state index in [9.17, 15) is 4.79 Å². The SMILES string of the molecule is COc1ccc(Oc2ncc(-c3cccc(C(=O)NCCc4ccccc4)c3)cn2)cc1. The fraction of sp³-hybridized carbons (Fsp3) is 0.115. The summed E-state index contributed by atoms with van der Waals surface area (Å²) in [5.41, 5.74) is 3.44. The number of hydrogen-bond donors (Lipinski definition) is 1. The number of carbonyl (C=O) groups excluding carboxylic acids is 1. The van der Waals surface area contributed by atoms with E-state index in [1.807, 2.05) is 36.4 Å². The van der Waals surface area contributed by atoms with Crippen LogP contribution in [0.4, 0.5) is 0 Å². The molecule has 4 aromatic rings. The second-order valence-electron chi connectivity index (χ2n) is 7.10. The first-order chi connectivity index (χ1) is 15.7. The largest absolute Gasteiger partial charge is 0.497 e. The van der Waals surface area contributed by atoms with Crippen molar-refractivity contribution < 1.29 is 14.3 Å². The van der Waals surface area contributed by atoms with Crippen molar-refractivity contribution in [1.29, 1.82) is 0 Å². The average Bonchev–Trinajstić information content (AvgIpc) is 2.86. The molecule has 0 bridgehead atoms. The number of hydrogen-bond acceptors (Lipinski definition) is 5. The molecular formula is C26H23N3O3. The number of rotatable bonds is 8. The monoisotopic (exact) mass is 425 g/mol. The van der Waals surface area contributed by atoms with Crippen LogP contribution >= 0.6 is 0 Å². The lowest BCUT2D eigenvalue weighted by molar-refractivity contribution is 0.0954. The van der Waals surface area contributed by atoms with Crippen molar-refractivity contribution in [3.8, 4) is 28.6 Å². The number of benzene rings is 3. The maximum Gasteiger partial charge on any atom is 0.321 e. The third-order valence-corrected chi connectivity index (χ3v) is 4.90. The van der Waals surface area contributed by atoms with Gasteiger partial charge in [0.1, 0.15) is 11.5 Å². The van der Waals surface area contributed by atoms with E-state index in [0.717, 1.165) is 23.3 Å². The van der Waals surface area contributed by atoms with Gasteiger partial charge in [-0.2, -0.15) is 0 Å². The van der Waals surface area contributed by atoms with Gasteiger partial charge in [-0.3, -0.25) is 4.79 Å². The van der Waals surface area contributed by atoms with E-state index in [4.69, 9.17) is 9.47 Å². The standard InChI is InChI=1S/C26H23N3O3/c1-31-23-10-12-24(13-11-23)32-26-28-17-22(18-29-26)20-8-5-9-21(16-20)25(30)27-15-14-19-6-3-2-4-7-19/h2-13,16-18H,14-15H2,1H3,(H,27,30). The Morgan fingerprint density at radius 2 is 1.56 bits per heavy atom. The number of carbonyl (C=O) groups is 1. The predicted octanol–water partition coefficient (Wildman–Crippen LogP) is 4.92. The molecule has 0 saturated carbocycles. The molecule has 0 fully saturated rings. The Morgan fingerprint density at radius 3 is 2.28 bits per heavy atom. The summed E-state index contributed by atoms with van der Waals surface area (Å²) < 4.78 is 10.8. The zero-order chi connectivity index (χ0) is 22.2. The van der Waals surface area contributed by atoms with E-state index >= 15 is 0 Å². The molecule has 0 saturated heterocycles. The van der Waals surface area contributed by atoms with Crippen LogP contribution in [0.25, 0.3) is 11.1 Å². The van der Waals surface area contributed by atoms with E-state index in [1.54, 1.807) is 49.8 Å². The molecular weight excluding hydrogens is 402 g/mol. The maximum absolute atomic E-state index is 12.6. The van der Waals surface area contributed by atoms with Crippen LogP contribution in [-0.4, -0.2) is 29.5 Å². The lowest BCUT2D eigenvalue weighted by Gasteiger charge is -2.08. The first-order valence-electron chi connectivity index (χ1n) is 10.3. The Hall–Kier alpha value is -4.19. The highest BCUT2D eigenvalue weighted by molar-refractivity contribution is 5.95. The molecule has 0 spiro atoms. The summed E-state index contributed by atoms with van der Waals surface area (Å²) in [5.74, 6) is 1.26. The Labute approximate surface area is 186 Å². The minimum absolute atomic E-state index is 0.108. The highest BCUT2D eigenvalue weighted by Gasteiger charge is 2.08. The molecule has 0 unspecified atom stereocenters. The van der Waals surface area contributed by atoms with Crippen molar-refractivity contribution in [1.82, 2.24) is 15.3 Å². The molecule has 6 nitrogen and oxygen atoms in total. The van der Waals surface area contributed by atoms with Gasteiger partial charge in [0, 0.05) is 30.1 Å². The van der Waals surface area contributed by atoms with Gasteiger partial charge in [-0.05, 0) is 53.9 Å². The van der Waals surface area contributed by atoms with E-state index in [1.165, 1.54) is 5.56 Å². The van der Waals surface area contributed by atoms with Crippen LogP contribution in [-0.2, 0) is 6.42 Å². The van der Waals surface area contributed by atoms with Gasteiger partial charge in [-0.1, -0.05) is 42.5 Å². The van der Waals surface area contributed by atoms with Gasteiger partial charge in [-0.15, -0.1) is 0 Å². The van der Waals surface area contributed by atoms with Gasteiger partial charge in [0.25, 0.3) is 5.91 Å². The second-order valence-corrected chi connectivity index (χ2v) is 7.10. The smallest absolute Gasteiger partial charge is 0.321 e. The van der Waals surface area contributed by atoms with Crippen molar-refractivity contribution in [2.75, 3.05) is 13.7 Å². The summed E-state index contributed by atoms with van der Waals surface area (Å²) in [5, 5.41) is 2.97. The normalized spacial score (nSPS) is 10.4. The minimum Gasteiger partial charge on any atom is -0.497 e. The molecule has 1 amide bonds. The van der Waals surface area contributed by atoms with Crippen LogP contribution in [0.5, 0.6) is 17.5 Å². The van der Waals surface area contributed by atoms with Crippen LogP contribution in [0.3, 0.4) is 0 Å². The summed E-state index contributed by atoms with van der Waals surface area (Å²) in [4.78, 5) is 21.1. The van der Waals surface area contributed by atoms with Gasteiger partial charge >= 0.3 is 6.01 Å². The van der Waals surface area contributed by atoms with Gasteiger partial charge in [0.2, 0.25) is 0 Å². The highest BCUT2D eigenvalue weighted by Crippen LogP contribution is 2.23. The first kappa shape index (κ1) is 21.1. The molecule has 1 heterocycles. The van der Waals surface area contributed by atoms with Gasteiger partial charge < -0.3 is 14.8 Å². The molecule has 0 aliphatic heterocycles. The lowest BCUT2D eigenvalue weighted by atomic mass is 10.1. The average molecular weight is 425 g/mol. The number of amides is 1. The third-order valence-electron chi connectivity index (χ3n) is 4.90. The van der Waals surface area contributed by atoms with Crippen molar-refractivity contribution in [2.24, 2.45) is 0 Å². The topological polar surface area (TPSA) is 73.3 Å². The molecule has 0 radical (unpaired) electrons. The fourth-order valence-corrected chi connectivity index (χ4v) is 3.17. The van der Waals surface area contributed by atoms with Gasteiger partial charge in [0.05, 0.1) is 7.11 Å². The maximum atomic E-state index is 12.6. The number of nitrogens with one attached hydrogen (secondary N) is 1. The van der Waals surface area contributed by atoms with E-state index in [0.29, 0.717) is 17.9 Å². The number of methoxy groups -OCH3 is 1. The Bertz CT molecular complexity index is 1160. The highest BCUT2D eigenvalue weighted by atomic mass is 16.5. The van der Waals surface area contributed by atoms with Crippen LogP contribution in [0, 0.1) is 0 Å². The van der Waals surface area contributed by atoms with Crippen molar-refractivity contribution in [2.45, 2.75) is 6.42 Å². The molecule has 0 aliphatic rings. The molecule has 160 valence electrons. The van der Waals surface area contributed by atoms with Crippen LogP contribution in [0.15, 0.2) is 91.3 Å². The first-order valence-corrected chi connectivity index (χ1v) is 10.3. The van der Waals surface area contributed by atoms with Gasteiger partial charge in [0.15, 0.2) is 0 Å². The predicted molar refractivity (Wildman–Crippen MR) is 123 cm³/mol. The van der Waals surface area contributed by atoms with Crippen LogP contribution in [0.1, 0.15) is 15.9 Å². The zero-order valence-electron chi connectivity index (χ0n) is 17.7. The second kappa shape index (κ2) is 10.2. The molecule has 0 aliphatic carbocycles. The summed E-state index contributed by atoms with van der Waals surface area (Å²) in [6.45, 7) is 0.577. The zero-order valence-corrected chi connectivity index (χ0v) is 17.7. The Kier molecular flexibility index (Phi) is 6.72. The fourth-order valence-electron chi connectivity index (χ4n) is 3.17. The van der Waals surface area contributed by atoms with Crippen LogP contribution < -0.4 is 14.8 Å². The summed E-state index contributed by atoms with van der Waals surface area (Å²) in [6, 6.07) is 24.9. The van der Waals surface area contributed by atoms with E-state index in [2.05, 4.69) is 27.4 Å². The molecule has 6 heteroatoms. The molecule has 0 atom stereocenters. The summed E-state index contributed by atoms with van der Waals surface area (Å²) >= 11 is 0. The molecule has 32 heavy (non-hydrogen) atoms. The van der Waals surface area contributed by atoms with Crippen molar-refractivity contribution >= 4 is 5.91 Å². The Balaban J connectivity index is 1.38. The molecule has 1 N–H and O–H groups in total. The lowest BCUT2D eigenvalue weighted by Crippen LogP contribution is -2.25. The number of ether oxygens (including phenoxy) is 2.